The molecule has 7 nitrogen and oxygen atoms in total. The maximum atomic E-state index is 12.3. The fraction of sp³-hybridized carbons (Fsp3) is 0.438. The van der Waals surface area contributed by atoms with Crippen molar-refractivity contribution in [2.45, 2.75) is 31.5 Å². The summed E-state index contributed by atoms with van der Waals surface area (Å²) in [6.45, 7) is 4.20. The number of benzene rings is 1. The van der Waals surface area contributed by atoms with Crippen molar-refractivity contribution < 1.29 is 14.3 Å². The Morgan fingerprint density at radius 1 is 1.38 bits per heavy atom. The molecule has 128 valence electrons. The van der Waals surface area contributed by atoms with Gasteiger partial charge in [0.05, 0.1) is 12.5 Å². The van der Waals surface area contributed by atoms with Crippen LogP contribution in [0.25, 0.3) is 0 Å². The van der Waals surface area contributed by atoms with Crippen molar-refractivity contribution in [1.82, 2.24) is 20.1 Å². The summed E-state index contributed by atoms with van der Waals surface area (Å²) < 4.78 is 12.5. The van der Waals surface area contributed by atoms with Gasteiger partial charge in [0.15, 0.2) is 22.5 Å². The van der Waals surface area contributed by atoms with E-state index in [9.17, 15) is 4.79 Å². The van der Waals surface area contributed by atoms with Crippen LogP contribution in [0, 0.1) is 0 Å². The lowest BCUT2D eigenvalue weighted by Gasteiger charge is -2.13. The molecular formula is C16H20N4O3S. The van der Waals surface area contributed by atoms with Gasteiger partial charge in [-0.2, -0.15) is 0 Å². The van der Waals surface area contributed by atoms with E-state index in [-0.39, 0.29) is 25.2 Å². The average Bonchev–Trinajstić information content (AvgIpc) is 3.14. The van der Waals surface area contributed by atoms with Crippen LogP contribution in [0.2, 0.25) is 0 Å². The summed E-state index contributed by atoms with van der Waals surface area (Å²) in [5.41, 5.74) is 0.879. The van der Waals surface area contributed by atoms with Crippen molar-refractivity contribution in [3.8, 4) is 11.5 Å². The van der Waals surface area contributed by atoms with Gasteiger partial charge in [0.25, 0.3) is 0 Å². The maximum absolute atomic E-state index is 12.3. The molecular weight excluding hydrogens is 328 g/mol. The molecule has 1 aliphatic heterocycles. The van der Waals surface area contributed by atoms with E-state index in [2.05, 4.69) is 22.4 Å². The molecule has 1 aliphatic rings. The topological polar surface area (TPSA) is 78.3 Å². The first kappa shape index (κ1) is 16.6. The van der Waals surface area contributed by atoms with Gasteiger partial charge in [-0.25, -0.2) is 0 Å². The van der Waals surface area contributed by atoms with Crippen molar-refractivity contribution in [2.75, 3.05) is 12.5 Å². The zero-order valence-corrected chi connectivity index (χ0v) is 14.7. The minimum atomic E-state index is -0.213. The Morgan fingerprint density at radius 3 is 2.96 bits per heavy atom. The molecule has 0 spiro atoms. The van der Waals surface area contributed by atoms with Crippen LogP contribution in [-0.2, 0) is 18.3 Å². The van der Waals surface area contributed by atoms with Crippen LogP contribution in [-0.4, -0.2) is 33.2 Å². The van der Waals surface area contributed by atoms with Gasteiger partial charge in [-0.3, -0.25) is 4.79 Å². The van der Waals surface area contributed by atoms with Crippen LogP contribution in [0.15, 0.2) is 23.4 Å². The van der Waals surface area contributed by atoms with Crippen LogP contribution >= 0.6 is 11.8 Å². The maximum Gasteiger partial charge on any atom is 0.231 e. The quantitative estimate of drug-likeness (QED) is 0.805. The third-order valence-corrected chi connectivity index (χ3v) is 4.61. The molecule has 2 aromatic rings. The van der Waals surface area contributed by atoms with Gasteiger partial charge < -0.3 is 19.4 Å². The molecule has 24 heavy (non-hydrogen) atoms. The largest absolute Gasteiger partial charge is 0.454 e. The third kappa shape index (κ3) is 3.48. The number of nitrogens with zero attached hydrogens (tertiary/aromatic N) is 3. The van der Waals surface area contributed by atoms with Crippen LogP contribution in [0.4, 0.5) is 0 Å². The highest BCUT2D eigenvalue weighted by molar-refractivity contribution is 7.99. The zero-order valence-electron chi connectivity index (χ0n) is 13.9. The number of ether oxygens (including phenoxy) is 2. The van der Waals surface area contributed by atoms with Gasteiger partial charge in [0.1, 0.15) is 0 Å². The molecule has 1 unspecified atom stereocenters. The summed E-state index contributed by atoms with van der Waals surface area (Å²) in [7, 11) is 1.91. The molecule has 0 aliphatic carbocycles. The first-order valence-corrected chi connectivity index (χ1v) is 8.77. The Balaban J connectivity index is 1.62. The molecule has 0 saturated carbocycles. The number of rotatable bonds is 6. The van der Waals surface area contributed by atoms with E-state index in [0.29, 0.717) is 11.5 Å². The summed E-state index contributed by atoms with van der Waals surface area (Å²) in [5, 5.41) is 12.2. The second-order valence-electron chi connectivity index (χ2n) is 5.49. The minimum Gasteiger partial charge on any atom is -0.454 e. The molecule has 1 atom stereocenters. The van der Waals surface area contributed by atoms with Gasteiger partial charge in [-0.1, -0.05) is 24.8 Å². The van der Waals surface area contributed by atoms with E-state index in [0.717, 1.165) is 22.3 Å². The van der Waals surface area contributed by atoms with Crippen LogP contribution in [0.1, 0.15) is 31.3 Å². The van der Waals surface area contributed by atoms with Gasteiger partial charge in [-0.05, 0) is 30.4 Å². The number of hydrogen-bond donors (Lipinski definition) is 1. The average molecular weight is 348 g/mol. The highest BCUT2D eigenvalue weighted by atomic mass is 32.2. The molecule has 1 amide bonds. The van der Waals surface area contributed by atoms with Crippen molar-refractivity contribution in [1.29, 1.82) is 0 Å². The summed E-state index contributed by atoms with van der Waals surface area (Å²) in [6.07, 6.45) is 0.273. The van der Waals surface area contributed by atoms with Gasteiger partial charge >= 0.3 is 0 Å². The van der Waals surface area contributed by atoms with E-state index in [1.54, 1.807) is 11.8 Å². The standard InChI is InChI=1S/C16H20N4O3S/c1-4-24-16-19-18-15(20(16)3)10(2)17-14(21)8-11-5-6-12-13(7-11)23-9-22-12/h5-7,10H,4,8-9H2,1-3H3,(H,17,21). The van der Waals surface area contributed by atoms with Crippen LogP contribution < -0.4 is 14.8 Å². The molecule has 1 aromatic heterocycles. The normalized spacial score (nSPS) is 13.8. The lowest BCUT2D eigenvalue weighted by molar-refractivity contribution is -0.121. The van der Waals surface area contributed by atoms with Crippen LogP contribution in [0.3, 0.4) is 0 Å². The Morgan fingerprint density at radius 2 is 2.17 bits per heavy atom. The Hall–Kier alpha value is -2.22. The monoisotopic (exact) mass is 348 g/mol. The SMILES string of the molecule is CCSc1nnc(C(C)NC(=O)Cc2ccc3c(c2)OCO3)n1C. The molecule has 1 aromatic carbocycles. The van der Waals surface area contributed by atoms with Gasteiger partial charge in [0.2, 0.25) is 12.7 Å². The number of fused-ring (bicyclic) bond motifs is 1. The van der Waals surface area contributed by atoms with E-state index in [1.807, 2.05) is 36.7 Å². The lowest BCUT2D eigenvalue weighted by atomic mass is 10.1. The zero-order chi connectivity index (χ0) is 17.1. The summed E-state index contributed by atoms with van der Waals surface area (Å²) in [6, 6.07) is 5.32. The fourth-order valence-corrected chi connectivity index (χ4v) is 3.20. The van der Waals surface area contributed by atoms with E-state index in [4.69, 9.17) is 9.47 Å². The summed E-state index contributed by atoms with van der Waals surface area (Å²) in [4.78, 5) is 12.3. The molecule has 0 fully saturated rings. The van der Waals surface area contributed by atoms with Crippen LogP contribution in [0.5, 0.6) is 11.5 Å². The lowest BCUT2D eigenvalue weighted by Crippen LogP contribution is -2.29. The predicted molar refractivity (Wildman–Crippen MR) is 90.2 cm³/mol. The predicted octanol–water partition coefficient (Wildman–Crippen LogP) is 2.08. The third-order valence-electron chi connectivity index (χ3n) is 3.71. The highest BCUT2D eigenvalue weighted by Crippen LogP contribution is 2.32. The smallest absolute Gasteiger partial charge is 0.231 e. The molecule has 3 rings (SSSR count). The fourth-order valence-electron chi connectivity index (χ4n) is 2.55. The number of carbonyl (C=O) groups is 1. The van der Waals surface area contributed by atoms with E-state index >= 15 is 0 Å². The minimum absolute atomic E-state index is 0.0749. The Kier molecular flexibility index (Phi) is 4.94. The van der Waals surface area contributed by atoms with Gasteiger partial charge in [0, 0.05) is 7.05 Å². The van der Waals surface area contributed by atoms with E-state index < -0.39 is 0 Å². The molecule has 1 N–H and O–H groups in total. The number of thioether (sulfide) groups is 1. The number of hydrogen-bond acceptors (Lipinski definition) is 6. The number of nitrogens with one attached hydrogen (secondary N) is 1. The first-order valence-electron chi connectivity index (χ1n) is 7.78. The highest BCUT2D eigenvalue weighted by Gasteiger charge is 2.19. The first-order chi connectivity index (χ1) is 11.6. The molecule has 8 heteroatoms. The van der Waals surface area contributed by atoms with Crippen molar-refractivity contribution in [3.63, 3.8) is 0 Å². The molecule has 0 radical (unpaired) electrons. The Labute approximate surface area is 144 Å². The van der Waals surface area contributed by atoms with E-state index in [1.165, 1.54) is 0 Å². The second kappa shape index (κ2) is 7.12. The Bertz CT molecular complexity index is 747. The molecule has 0 saturated heterocycles. The van der Waals surface area contributed by atoms with Crippen molar-refractivity contribution >= 4 is 17.7 Å². The van der Waals surface area contributed by atoms with Crippen molar-refractivity contribution in [3.05, 3.63) is 29.6 Å². The number of carbonyl (C=O) groups excluding carboxylic acids is 1. The molecule has 0 bridgehead atoms. The summed E-state index contributed by atoms with van der Waals surface area (Å²) in [5.74, 6) is 2.99. The molecule has 2 heterocycles. The van der Waals surface area contributed by atoms with Crippen molar-refractivity contribution in [2.24, 2.45) is 7.05 Å². The number of aromatic nitrogens is 3. The second-order valence-corrected chi connectivity index (χ2v) is 6.72. The number of amides is 1. The summed E-state index contributed by atoms with van der Waals surface area (Å²) >= 11 is 1.62. The van der Waals surface area contributed by atoms with Gasteiger partial charge in [-0.15, -0.1) is 10.2 Å².